The van der Waals surface area contributed by atoms with E-state index in [4.69, 9.17) is 29.9 Å². The van der Waals surface area contributed by atoms with E-state index in [0.717, 1.165) is 178 Å². The Morgan fingerprint density at radius 3 is 0.982 bits per heavy atom. The highest BCUT2D eigenvalue weighted by Gasteiger charge is 2.15. The van der Waals surface area contributed by atoms with E-state index >= 15 is 0 Å². The molecule has 0 spiro atoms. The molecule has 0 aliphatic heterocycles. The van der Waals surface area contributed by atoms with E-state index in [9.17, 15) is 0 Å². The van der Waals surface area contributed by atoms with Crippen molar-refractivity contribution in [1.82, 2.24) is 54.8 Å². The van der Waals surface area contributed by atoms with E-state index in [-0.39, 0.29) is 0 Å². The first kappa shape index (κ1) is 65.7. The normalized spacial score (nSPS) is 11.3. The molecule has 0 fully saturated rings. The summed E-state index contributed by atoms with van der Waals surface area (Å²) in [4.78, 5) is 51.5. The van der Waals surface area contributed by atoms with Gasteiger partial charge in [-0.3, -0.25) is 24.9 Å². The molecular formula is C99H63N11. The van der Waals surface area contributed by atoms with Crippen molar-refractivity contribution in [3.63, 3.8) is 0 Å². The van der Waals surface area contributed by atoms with Gasteiger partial charge in [0, 0.05) is 86.2 Å². The van der Waals surface area contributed by atoms with Gasteiger partial charge in [-0.05, 0) is 212 Å². The first-order valence-electron chi connectivity index (χ1n) is 36.5. The first-order valence-corrected chi connectivity index (χ1v) is 36.5. The lowest BCUT2D eigenvalue weighted by Gasteiger charge is -2.11. The molecule has 21 aromatic rings. The Balaban J connectivity index is 0.000000112. The number of pyridine rings is 11. The molecule has 21 rings (SSSR count). The van der Waals surface area contributed by atoms with Crippen LogP contribution in [-0.2, 0) is 0 Å². The van der Waals surface area contributed by atoms with Gasteiger partial charge < -0.3 is 0 Å². The number of hydrogen-bond acceptors (Lipinski definition) is 11. The van der Waals surface area contributed by atoms with Crippen LogP contribution in [0.3, 0.4) is 0 Å². The fraction of sp³-hybridized carbons (Fsp3) is 0. The van der Waals surface area contributed by atoms with Gasteiger partial charge in [-0.25, -0.2) is 29.9 Å². The third-order valence-electron chi connectivity index (χ3n) is 20.1. The van der Waals surface area contributed by atoms with Crippen LogP contribution in [0.4, 0.5) is 0 Å². The maximum atomic E-state index is 5.11. The van der Waals surface area contributed by atoms with Crippen LogP contribution in [0.25, 0.3) is 200 Å². The van der Waals surface area contributed by atoms with E-state index in [2.05, 4.69) is 268 Å². The third kappa shape index (κ3) is 13.5. The molecule has 0 unspecified atom stereocenters. The minimum atomic E-state index is 0.873. The summed E-state index contributed by atoms with van der Waals surface area (Å²) in [5.41, 5.74) is 26.0. The standard InChI is InChI=1S/C37H23N3.C34H22N4.C28H18N4/c1-2-8-30-24(6-1)11-13-26-7-5-9-31(37(26)30)33-19-17-29-22-27(16-18-32(29)39-33)28-14-12-25-15-20-35(40-36(25)23-28)34-10-3-4-21-38-34;1-2-18-36-32(8-1)33-16-11-23-9-10-26(21-34(23)38-33)25-12-14-31-28(20-25)13-15-30(37-31)27-6-3-5-24(19-27)29-7-4-17-35-22-29;1-3-15-29-24(5-1)26-14-11-22-17-20(10-12-23(22)31-26)21-8-7-19-9-13-27(32-28(19)18-21)25-6-2-4-16-30-25/h1-23H;1-22H;1-18H. The number of rotatable bonds is 10. The third-order valence-corrected chi connectivity index (χ3v) is 20.1. The summed E-state index contributed by atoms with van der Waals surface area (Å²) in [6.07, 6.45) is 10.9. The predicted octanol–water partition coefficient (Wildman–Crippen LogP) is 24.3. The molecule has 0 saturated carbocycles. The fourth-order valence-electron chi connectivity index (χ4n) is 14.4. The summed E-state index contributed by atoms with van der Waals surface area (Å²) >= 11 is 0. The summed E-state index contributed by atoms with van der Waals surface area (Å²) in [7, 11) is 0. The Kier molecular flexibility index (Phi) is 17.4. The van der Waals surface area contributed by atoms with Crippen molar-refractivity contribution in [2.24, 2.45) is 0 Å². The summed E-state index contributed by atoms with van der Waals surface area (Å²) in [6.45, 7) is 0. The predicted molar refractivity (Wildman–Crippen MR) is 449 cm³/mol. The zero-order valence-corrected chi connectivity index (χ0v) is 59.3. The largest absolute Gasteiger partial charge is 0.264 e. The molecule has 0 N–H and O–H groups in total. The van der Waals surface area contributed by atoms with Crippen LogP contribution < -0.4 is 0 Å². The molecule has 0 amide bonds. The Morgan fingerprint density at radius 2 is 0.509 bits per heavy atom. The average Bonchev–Trinajstić information content (AvgIpc) is 0.761. The first-order chi connectivity index (χ1) is 54.4. The van der Waals surface area contributed by atoms with Gasteiger partial charge in [0.15, 0.2) is 0 Å². The molecule has 11 heterocycles. The number of hydrogen-bond donors (Lipinski definition) is 0. The van der Waals surface area contributed by atoms with Crippen LogP contribution in [0.2, 0.25) is 0 Å². The lowest BCUT2D eigenvalue weighted by Crippen LogP contribution is -1.90. The molecule has 514 valence electrons. The van der Waals surface area contributed by atoms with E-state index in [0.29, 0.717) is 0 Å². The van der Waals surface area contributed by atoms with Crippen LogP contribution in [0, 0.1) is 0 Å². The molecule has 11 heteroatoms. The van der Waals surface area contributed by atoms with Gasteiger partial charge in [0.05, 0.1) is 90.0 Å². The van der Waals surface area contributed by atoms with E-state index in [1.54, 1.807) is 31.0 Å². The smallest absolute Gasteiger partial charge is 0.0893 e. The average molecular weight is 1410 g/mol. The molecule has 0 bridgehead atoms. The van der Waals surface area contributed by atoms with Gasteiger partial charge >= 0.3 is 0 Å². The molecule has 0 radical (unpaired) electrons. The maximum Gasteiger partial charge on any atom is 0.0893 e. The van der Waals surface area contributed by atoms with Gasteiger partial charge in [-0.1, -0.05) is 194 Å². The molecule has 0 aliphatic rings. The topological polar surface area (TPSA) is 142 Å². The van der Waals surface area contributed by atoms with E-state index < -0.39 is 0 Å². The monoisotopic (exact) mass is 1410 g/mol. The molecular weight excluding hydrogens is 1340 g/mol. The summed E-state index contributed by atoms with van der Waals surface area (Å²) in [6, 6.07) is 119. The number of benzene rings is 10. The summed E-state index contributed by atoms with van der Waals surface area (Å²) in [5.74, 6) is 0. The second-order valence-corrected chi connectivity index (χ2v) is 27.0. The lowest BCUT2D eigenvalue weighted by atomic mass is 9.95. The highest BCUT2D eigenvalue weighted by molar-refractivity contribution is 6.14. The highest BCUT2D eigenvalue weighted by Crippen LogP contribution is 2.38. The van der Waals surface area contributed by atoms with Gasteiger partial charge in [0.2, 0.25) is 0 Å². The Hall–Kier alpha value is -15.1. The molecule has 0 saturated heterocycles. The zero-order valence-electron chi connectivity index (χ0n) is 59.3. The van der Waals surface area contributed by atoms with Crippen LogP contribution in [0.1, 0.15) is 0 Å². The number of nitrogens with zero attached hydrogens (tertiary/aromatic N) is 11. The van der Waals surface area contributed by atoms with Crippen molar-refractivity contribution >= 4 is 87.0 Å². The minimum absolute atomic E-state index is 0.873. The van der Waals surface area contributed by atoms with Gasteiger partial charge in [0.25, 0.3) is 0 Å². The second-order valence-electron chi connectivity index (χ2n) is 27.0. The quantitative estimate of drug-likeness (QED) is 0.121. The molecule has 110 heavy (non-hydrogen) atoms. The van der Waals surface area contributed by atoms with Crippen LogP contribution in [-0.4, -0.2) is 54.8 Å². The van der Waals surface area contributed by atoms with Crippen LogP contribution in [0.5, 0.6) is 0 Å². The zero-order chi connectivity index (χ0) is 73.1. The van der Waals surface area contributed by atoms with Crippen LogP contribution in [0.15, 0.2) is 383 Å². The Morgan fingerprint density at radius 1 is 0.164 bits per heavy atom. The van der Waals surface area contributed by atoms with Crippen molar-refractivity contribution in [3.8, 4) is 113 Å². The molecule has 0 atom stereocenters. The van der Waals surface area contributed by atoms with Gasteiger partial charge in [-0.2, -0.15) is 0 Å². The number of fused-ring (bicyclic) bond motifs is 9. The van der Waals surface area contributed by atoms with E-state index in [1.807, 2.05) is 109 Å². The van der Waals surface area contributed by atoms with Crippen molar-refractivity contribution < 1.29 is 0 Å². The number of aromatic nitrogens is 11. The highest BCUT2D eigenvalue weighted by atomic mass is 14.8. The van der Waals surface area contributed by atoms with Gasteiger partial charge in [0.1, 0.15) is 0 Å². The Bertz CT molecular complexity index is 7030. The van der Waals surface area contributed by atoms with E-state index in [1.165, 1.54) is 21.5 Å². The van der Waals surface area contributed by atoms with Crippen molar-refractivity contribution in [2.45, 2.75) is 0 Å². The summed E-state index contributed by atoms with van der Waals surface area (Å²) in [5, 5.41) is 11.6. The molecule has 11 nitrogen and oxygen atoms in total. The maximum absolute atomic E-state index is 5.11. The van der Waals surface area contributed by atoms with Crippen LogP contribution >= 0.6 is 0 Å². The van der Waals surface area contributed by atoms with Crippen molar-refractivity contribution in [2.75, 3.05) is 0 Å². The fourth-order valence-corrected chi connectivity index (χ4v) is 14.4. The molecule has 11 aromatic heterocycles. The van der Waals surface area contributed by atoms with Crippen molar-refractivity contribution in [3.05, 3.63) is 383 Å². The molecule has 10 aromatic carbocycles. The SMILES string of the molecule is c1ccc(-c2ccc3cc(-c4ccc5ccc(-c6ccccn6)nc5c4)ccc3n2)nc1.c1ccc(-c2ccc3ccc(-c4ccc5nc(-c6cccc(-c7cccnc7)c6)ccc5c4)cc3n2)nc1.c1ccc(-c2ccc3ccc(-c4ccc5nc(-c6cccc7ccc8ccccc8c67)ccc5c4)cc3n2)nc1. The second kappa shape index (κ2) is 29.1. The Labute approximate surface area is 633 Å². The molecule has 0 aliphatic carbocycles. The lowest BCUT2D eigenvalue weighted by molar-refractivity contribution is 1.27. The minimum Gasteiger partial charge on any atom is -0.264 e. The van der Waals surface area contributed by atoms with Crippen molar-refractivity contribution in [1.29, 1.82) is 0 Å². The van der Waals surface area contributed by atoms with Gasteiger partial charge in [-0.15, -0.1) is 0 Å². The summed E-state index contributed by atoms with van der Waals surface area (Å²) < 4.78 is 0.